The third kappa shape index (κ3) is 2.74. The normalized spacial score (nSPS) is 20.5. The quantitative estimate of drug-likeness (QED) is 0.856. The monoisotopic (exact) mass is 251 g/mol. The van der Waals surface area contributed by atoms with E-state index in [2.05, 4.69) is 40.2 Å². The molecule has 2 N–H and O–H groups in total. The lowest BCUT2D eigenvalue weighted by atomic mass is 10.1. The number of aromatic nitrogens is 2. The van der Waals surface area contributed by atoms with Crippen LogP contribution in [0, 0.1) is 0 Å². The van der Waals surface area contributed by atoms with Crippen molar-refractivity contribution in [3.8, 4) is 0 Å². The molecule has 1 aliphatic rings. The maximum Gasteiger partial charge on any atom is 0.0951 e. The summed E-state index contributed by atoms with van der Waals surface area (Å²) in [5.41, 5.74) is 7.25. The van der Waals surface area contributed by atoms with E-state index in [-0.39, 0.29) is 0 Å². The van der Waals surface area contributed by atoms with Gasteiger partial charge in [-0.15, -0.1) is 0 Å². The van der Waals surface area contributed by atoms with Gasteiger partial charge in [-0.05, 0) is 20.9 Å². The van der Waals surface area contributed by atoms with E-state index in [9.17, 15) is 0 Å². The van der Waals surface area contributed by atoms with Crippen LogP contribution in [0.4, 0.5) is 0 Å². The minimum atomic E-state index is 0.295. The number of likely N-dealkylation sites (N-methyl/N-ethyl adjacent to an activating group) is 1. The maximum atomic E-state index is 6.00. The van der Waals surface area contributed by atoms with Gasteiger partial charge in [0.1, 0.15) is 0 Å². The minimum absolute atomic E-state index is 0.295. The predicted octanol–water partition coefficient (Wildman–Crippen LogP) is 0.711. The van der Waals surface area contributed by atoms with Crippen molar-refractivity contribution in [2.75, 3.05) is 39.8 Å². The van der Waals surface area contributed by atoms with Gasteiger partial charge < -0.3 is 15.2 Å². The number of imidazole rings is 1. The molecule has 2 rings (SSSR count). The highest BCUT2D eigenvalue weighted by Gasteiger charge is 2.25. The van der Waals surface area contributed by atoms with E-state index >= 15 is 0 Å². The van der Waals surface area contributed by atoms with Crippen molar-refractivity contribution >= 4 is 0 Å². The Balaban J connectivity index is 2.15. The predicted molar refractivity (Wildman–Crippen MR) is 73.5 cm³/mol. The average Bonchev–Trinajstić information content (AvgIpc) is 2.82. The zero-order chi connectivity index (χ0) is 13.1. The lowest BCUT2D eigenvalue weighted by Gasteiger charge is -2.38. The number of nitrogens with zero attached hydrogens (tertiary/aromatic N) is 4. The summed E-state index contributed by atoms with van der Waals surface area (Å²) in [5, 5.41) is 0. The summed E-state index contributed by atoms with van der Waals surface area (Å²) in [7, 11) is 2.17. The second kappa shape index (κ2) is 5.82. The maximum absolute atomic E-state index is 6.00. The molecule has 0 radical (unpaired) electrons. The molecule has 1 atom stereocenters. The van der Waals surface area contributed by atoms with Crippen molar-refractivity contribution in [3.05, 3.63) is 18.2 Å². The fourth-order valence-electron chi connectivity index (χ4n) is 2.59. The van der Waals surface area contributed by atoms with Gasteiger partial charge in [-0.1, -0.05) is 0 Å². The highest BCUT2D eigenvalue weighted by Crippen LogP contribution is 2.23. The summed E-state index contributed by atoms with van der Waals surface area (Å²) >= 11 is 0. The Hall–Kier alpha value is -0.910. The molecular formula is C13H25N5. The van der Waals surface area contributed by atoms with Crippen LogP contribution < -0.4 is 5.73 Å². The summed E-state index contributed by atoms with van der Waals surface area (Å²) in [4.78, 5) is 9.14. The lowest BCUT2D eigenvalue weighted by Crippen LogP contribution is -2.48. The lowest BCUT2D eigenvalue weighted by molar-refractivity contribution is 0.110. The van der Waals surface area contributed by atoms with E-state index in [0.717, 1.165) is 26.2 Å². The van der Waals surface area contributed by atoms with E-state index in [0.29, 0.717) is 18.6 Å². The van der Waals surface area contributed by atoms with Gasteiger partial charge in [0, 0.05) is 45.0 Å². The van der Waals surface area contributed by atoms with Crippen molar-refractivity contribution in [2.45, 2.75) is 25.9 Å². The minimum Gasteiger partial charge on any atom is -0.331 e. The molecule has 1 aromatic rings. The molecule has 1 unspecified atom stereocenters. The molecule has 0 bridgehead atoms. The van der Waals surface area contributed by atoms with Crippen molar-refractivity contribution in [3.63, 3.8) is 0 Å². The van der Waals surface area contributed by atoms with Crippen molar-refractivity contribution < 1.29 is 0 Å². The molecule has 0 aromatic carbocycles. The topological polar surface area (TPSA) is 50.3 Å². The second-order valence-corrected chi connectivity index (χ2v) is 5.41. The Morgan fingerprint density at radius 2 is 1.94 bits per heavy atom. The molecule has 102 valence electrons. The van der Waals surface area contributed by atoms with Crippen LogP contribution in [0.5, 0.6) is 0 Å². The van der Waals surface area contributed by atoms with E-state index in [1.54, 1.807) is 0 Å². The molecule has 5 heteroatoms. The Kier molecular flexibility index (Phi) is 4.37. The van der Waals surface area contributed by atoms with E-state index in [1.165, 1.54) is 5.69 Å². The van der Waals surface area contributed by atoms with Gasteiger partial charge in [0.05, 0.1) is 18.1 Å². The molecule has 1 aromatic heterocycles. The molecular weight excluding hydrogens is 226 g/mol. The third-order valence-electron chi connectivity index (χ3n) is 3.80. The standard InChI is InChI=1S/C13H25N5/c1-11(2)18-10-15-9-13(18)12(8-14)17-6-4-16(3)5-7-17/h9-12H,4-8,14H2,1-3H3. The van der Waals surface area contributed by atoms with Gasteiger partial charge in [-0.25, -0.2) is 4.98 Å². The first kappa shape index (κ1) is 13.5. The zero-order valence-corrected chi connectivity index (χ0v) is 11.7. The Bertz CT molecular complexity index is 365. The van der Waals surface area contributed by atoms with E-state index < -0.39 is 0 Å². The van der Waals surface area contributed by atoms with E-state index in [4.69, 9.17) is 5.73 Å². The molecule has 5 nitrogen and oxygen atoms in total. The molecule has 0 amide bonds. The van der Waals surface area contributed by atoms with Gasteiger partial charge in [0.25, 0.3) is 0 Å². The van der Waals surface area contributed by atoms with Crippen LogP contribution in [0.2, 0.25) is 0 Å². The number of hydrogen-bond acceptors (Lipinski definition) is 4. The number of nitrogens with two attached hydrogens (primary N) is 1. The Labute approximate surface area is 110 Å². The molecule has 0 spiro atoms. The SMILES string of the molecule is CC(C)n1cncc1C(CN)N1CCN(C)CC1. The van der Waals surface area contributed by atoms with Crippen LogP contribution in [-0.2, 0) is 0 Å². The Morgan fingerprint density at radius 3 is 2.50 bits per heavy atom. The van der Waals surface area contributed by atoms with Crippen LogP contribution in [0.25, 0.3) is 0 Å². The van der Waals surface area contributed by atoms with Crippen LogP contribution in [0.3, 0.4) is 0 Å². The molecule has 1 fully saturated rings. The molecule has 0 saturated carbocycles. The first-order valence-electron chi connectivity index (χ1n) is 6.78. The number of rotatable bonds is 4. The van der Waals surface area contributed by atoms with Gasteiger partial charge >= 0.3 is 0 Å². The van der Waals surface area contributed by atoms with E-state index in [1.807, 2.05) is 12.5 Å². The van der Waals surface area contributed by atoms with Crippen LogP contribution in [0.15, 0.2) is 12.5 Å². The van der Waals surface area contributed by atoms with Gasteiger partial charge in [-0.2, -0.15) is 0 Å². The fourth-order valence-corrected chi connectivity index (χ4v) is 2.59. The van der Waals surface area contributed by atoms with Gasteiger partial charge in [-0.3, -0.25) is 4.90 Å². The average molecular weight is 251 g/mol. The first-order chi connectivity index (χ1) is 8.63. The molecule has 1 aliphatic heterocycles. The van der Waals surface area contributed by atoms with Crippen molar-refractivity contribution in [1.29, 1.82) is 0 Å². The third-order valence-corrected chi connectivity index (χ3v) is 3.80. The fraction of sp³-hybridized carbons (Fsp3) is 0.769. The molecule has 18 heavy (non-hydrogen) atoms. The molecule has 1 saturated heterocycles. The van der Waals surface area contributed by atoms with Crippen LogP contribution >= 0.6 is 0 Å². The number of piperazine rings is 1. The summed E-state index contributed by atoms with van der Waals surface area (Å²) in [6.45, 7) is 9.43. The smallest absolute Gasteiger partial charge is 0.0951 e. The van der Waals surface area contributed by atoms with Crippen molar-refractivity contribution in [1.82, 2.24) is 19.4 Å². The zero-order valence-electron chi connectivity index (χ0n) is 11.7. The highest BCUT2D eigenvalue weighted by molar-refractivity contribution is 5.08. The first-order valence-corrected chi connectivity index (χ1v) is 6.78. The highest BCUT2D eigenvalue weighted by atomic mass is 15.3. The van der Waals surface area contributed by atoms with Crippen LogP contribution in [0.1, 0.15) is 31.6 Å². The van der Waals surface area contributed by atoms with Crippen LogP contribution in [-0.4, -0.2) is 59.1 Å². The van der Waals surface area contributed by atoms with Gasteiger partial charge in [0.2, 0.25) is 0 Å². The molecule has 2 heterocycles. The Morgan fingerprint density at radius 1 is 1.28 bits per heavy atom. The van der Waals surface area contributed by atoms with Gasteiger partial charge in [0.15, 0.2) is 0 Å². The molecule has 0 aliphatic carbocycles. The summed E-state index contributed by atoms with van der Waals surface area (Å²) < 4.78 is 2.23. The van der Waals surface area contributed by atoms with Crippen molar-refractivity contribution in [2.24, 2.45) is 5.73 Å². The second-order valence-electron chi connectivity index (χ2n) is 5.41. The summed E-state index contributed by atoms with van der Waals surface area (Å²) in [5.74, 6) is 0. The number of hydrogen-bond donors (Lipinski definition) is 1. The largest absolute Gasteiger partial charge is 0.331 e. The summed E-state index contributed by atoms with van der Waals surface area (Å²) in [6, 6.07) is 0.729. The summed E-state index contributed by atoms with van der Waals surface area (Å²) in [6.07, 6.45) is 3.88.